The zero-order valence-corrected chi connectivity index (χ0v) is 18.7. The SMILES string of the molecule is C=CC(=O)N1CCN(c2ncnc3c(F)c(-c4cc(C(C)C)ccc4F)c(Cl)cc23)CC1. The molecular formula is C24H23ClF2N4O. The van der Waals surface area contributed by atoms with Crippen molar-refractivity contribution in [2.45, 2.75) is 19.8 Å². The molecule has 0 N–H and O–H groups in total. The summed E-state index contributed by atoms with van der Waals surface area (Å²) in [6, 6.07) is 6.24. The first-order valence-corrected chi connectivity index (χ1v) is 10.8. The quantitative estimate of drug-likeness (QED) is 0.507. The maximum absolute atomic E-state index is 15.7. The van der Waals surface area contributed by atoms with E-state index in [1.54, 1.807) is 23.1 Å². The lowest BCUT2D eigenvalue weighted by molar-refractivity contribution is -0.126. The summed E-state index contributed by atoms with van der Waals surface area (Å²) in [4.78, 5) is 24.0. The number of aromatic nitrogens is 2. The number of benzene rings is 2. The van der Waals surface area contributed by atoms with E-state index < -0.39 is 11.6 Å². The molecule has 166 valence electrons. The fourth-order valence-corrected chi connectivity index (χ4v) is 4.27. The number of amides is 1. The fourth-order valence-electron chi connectivity index (χ4n) is 3.98. The minimum absolute atomic E-state index is 0.00906. The van der Waals surface area contributed by atoms with E-state index in [2.05, 4.69) is 16.5 Å². The van der Waals surface area contributed by atoms with Gasteiger partial charge in [-0.25, -0.2) is 18.7 Å². The standard InChI is InChI=1S/C24H23ClF2N4O/c1-4-20(32)30-7-9-31(10-8-30)24-17-12-18(25)21(22(27)23(17)28-13-29-24)16-11-15(14(2)3)5-6-19(16)26/h4-6,11-14H,1,7-10H2,2-3H3. The molecule has 0 bridgehead atoms. The van der Waals surface area contributed by atoms with E-state index in [0.717, 1.165) is 5.56 Å². The van der Waals surface area contributed by atoms with Gasteiger partial charge in [-0.1, -0.05) is 38.1 Å². The zero-order chi connectivity index (χ0) is 23.0. The molecule has 0 aliphatic carbocycles. The summed E-state index contributed by atoms with van der Waals surface area (Å²) in [7, 11) is 0. The van der Waals surface area contributed by atoms with Crippen molar-refractivity contribution < 1.29 is 13.6 Å². The number of anilines is 1. The molecule has 2 heterocycles. The lowest BCUT2D eigenvalue weighted by Crippen LogP contribution is -2.48. The van der Waals surface area contributed by atoms with Gasteiger partial charge in [0.25, 0.3) is 0 Å². The van der Waals surface area contributed by atoms with Gasteiger partial charge in [0.15, 0.2) is 5.82 Å². The number of piperazine rings is 1. The van der Waals surface area contributed by atoms with Gasteiger partial charge in [-0.2, -0.15) is 0 Å². The number of rotatable bonds is 4. The predicted molar refractivity (Wildman–Crippen MR) is 123 cm³/mol. The smallest absolute Gasteiger partial charge is 0.246 e. The van der Waals surface area contributed by atoms with Crippen LogP contribution in [0.5, 0.6) is 0 Å². The average Bonchev–Trinajstić information content (AvgIpc) is 2.79. The van der Waals surface area contributed by atoms with Gasteiger partial charge in [-0.15, -0.1) is 0 Å². The third-order valence-electron chi connectivity index (χ3n) is 5.79. The molecule has 4 rings (SSSR count). The second-order valence-corrected chi connectivity index (χ2v) is 8.46. The number of halogens is 3. The van der Waals surface area contributed by atoms with Crippen LogP contribution < -0.4 is 4.90 Å². The van der Waals surface area contributed by atoms with Gasteiger partial charge in [0, 0.05) is 42.7 Å². The highest BCUT2D eigenvalue weighted by atomic mass is 35.5. The van der Waals surface area contributed by atoms with Crippen molar-refractivity contribution in [3.05, 3.63) is 65.5 Å². The highest BCUT2D eigenvalue weighted by molar-refractivity contribution is 6.34. The van der Waals surface area contributed by atoms with Gasteiger partial charge in [0.05, 0.1) is 5.02 Å². The van der Waals surface area contributed by atoms with Crippen LogP contribution in [0.25, 0.3) is 22.0 Å². The Balaban J connectivity index is 1.78. The van der Waals surface area contributed by atoms with Crippen molar-refractivity contribution in [1.82, 2.24) is 14.9 Å². The first-order valence-electron chi connectivity index (χ1n) is 10.4. The number of carbonyl (C=O) groups excluding carboxylic acids is 1. The van der Waals surface area contributed by atoms with Gasteiger partial charge in [0.1, 0.15) is 23.5 Å². The van der Waals surface area contributed by atoms with Crippen LogP contribution in [-0.4, -0.2) is 47.0 Å². The van der Waals surface area contributed by atoms with Crippen molar-refractivity contribution in [3.8, 4) is 11.1 Å². The topological polar surface area (TPSA) is 49.3 Å². The molecule has 0 saturated carbocycles. The third kappa shape index (κ3) is 3.93. The summed E-state index contributed by atoms with van der Waals surface area (Å²) >= 11 is 6.50. The molecule has 1 saturated heterocycles. The summed E-state index contributed by atoms with van der Waals surface area (Å²) in [6.07, 6.45) is 2.58. The van der Waals surface area contributed by atoms with Crippen LogP contribution in [0.4, 0.5) is 14.6 Å². The summed E-state index contributed by atoms with van der Waals surface area (Å²) in [6.45, 7) is 9.53. The lowest BCUT2D eigenvalue weighted by Gasteiger charge is -2.35. The molecule has 8 heteroatoms. The van der Waals surface area contributed by atoms with Crippen LogP contribution in [0.2, 0.25) is 5.02 Å². The Bertz CT molecular complexity index is 1210. The second kappa shape index (κ2) is 8.82. The van der Waals surface area contributed by atoms with E-state index in [-0.39, 0.29) is 33.5 Å². The largest absolute Gasteiger partial charge is 0.352 e. The van der Waals surface area contributed by atoms with E-state index in [4.69, 9.17) is 11.6 Å². The molecule has 0 spiro atoms. The van der Waals surface area contributed by atoms with Crippen molar-refractivity contribution in [2.75, 3.05) is 31.1 Å². The molecule has 0 unspecified atom stereocenters. The molecule has 5 nitrogen and oxygen atoms in total. The maximum atomic E-state index is 15.7. The Morgan fingerprint density at radius 3 is 2.53 bits per heavy atom. The van der Waals surface area contributed by atoms with Gasteiger partial charge < -0.3 is 9.80 Å². The molecule has 0 radical (unpaired) electrons. The number of hydrogen-bond acceptors (Lipinski definition) is 4. The minimum Gasteiger partial charge on any atom is -0.352 e. The molecule has 0 atom stereocenters. The van der Waals surface area contributed by atoms with E-state index in [0.29, 0.717) is 37.4 Å². The number of carbonyl (C=O) groups is 1. The first kappa shape index (κ1) is 22.1. The van der Waals surface area contributed by atoms with Crippen molar-refractivity contribution >= 4 is 34.2 Å². The predicted octanol–water partition coefficient (Wildman–Crippen LogP) is 5.19. The normalized spacial score (nSPS) is 14.3. The molecule has 32 heavy (non-hydrogen) atoms. The molecular weight excluding hydrogens is 434 g/mol. The Labute approximate surface area is 190 Å². The second-order valence-electron chi connectivity index (χ2n) is 8.05. The summed E-state index contributed by atoms with van der Waals surface area (Å²) in [5.41, 5.74) is 1.06. The summed E-state index contributed by atoms with van der Waals surface area (Å²) in [5, 5.41) is 0.536. The maximum Gasteiger partial charge on any atom is 0.246 e. The molecule has 2 aromatic carbocycles. The number of hydrogen-bond donors (Lipinski definition) is 0. The van der Waals surface area contributed by atoms with Crippen LogP contribution in [0.3, 0.4) is 0 Å². The van der Waals surface area contributed by atoms with E-state index in [1.807, 2.05) is 18.7 Å². The highest BCUT2D eigenvalue weighted by Gasteiger charge is 2.25. The molecule has 1 fully saturated rings. The highest BCUT2D eigenvalue weighted by Crippen LogP contribution is 2.39. The van der Waals surface area contributed by atoms with Gasteiger partial charge >= 0.3 is 0 Å². The molecule has 1 aromatic heterocycles. The van der Waals surface area contributed by atoms with E-state index in [9.17, 15) is 9.18 Å². The Morgan fingerprint density at radius 1 is 1.16 bits per heavy atom. The van der Waals surface area contributed by atoms with Crippen LogP contribution in [0, 0.1) is 11.6 Å². The third-order valence-corrected chi connectivity index (χ3v) is 6.09. The fraction of sp³-hybridized carbons (Fsp3) is 0.292. The van der Waals surface area contributed by atoms with Gasteiger partial charge in [-0.05, 0) is 35.8 Å². The van der Waals surface area contributed by atoms with Crippen LogP contribution in [0.1, 0.15) is 25.3 Å². The molecule has 1 amide bonds. The molecule has 3 aromatic rings. The summed E-state index contributed by atoms with van der Waals surface area (Å²) < 4.78 is 30.3. The van der Waals surface area contributed by atoms with E-state index >= 15 is 4.39 Å². The van der Waals surface area contributed by atoms with Crippen LogP contribution in [-0.2, 0) is 4.79 Å². The summed E-state index contributed by atoms with van der Waals surface area (Å²) in [5.74, 6) is -0.675. The van der Waals surface area contributed by atoms with Crippen molar-refractivity contribution in [2.24, 2.45) is 0 Å². The van der Waals surface area contributed by atoms with E-state index in [1.165, 1.54) is 18.5 Å². The number of fused-ring (bicyclic) bond motifs is 1. The molecule has 1 aliphatic rings. The number of nitrogens with zero attached hydrogens (tertiary/aromatic N) is 4. The Morgan fingerprint density at radius 2 is 1.88 bits per heavy atom. The monoisotopic (exact) mass is 456 g/mol. The van der Waals surface area contributed by atoms with Crippen molar-refractivity contribution in [1.29, 1.82) is 0 Å². The van der Waals surface area contributed by atoms with Crippen LogP contribution >= 0.6 is 11.6 Å². The first-order chi connectivity index (χ1) is 15.3. The van der Waals surface area contributed by atoms with Gasteiger partial charge in [-0.3, -0.25) is 4.79 Å². The average molecular weight is 457 g/mol. The zero-order valence-electron chi connectivity index (χ0n) is 17.9. The molecule has 1 aliphatic heterocycles. The Hall–Kier alpha value is -3.06. The van der Waals surface area contributed by atoms with Crippen LogP contribution in [0.15, 0.2) is 43.2 Å². The lowest BCUT2D eigenvalue weighted by atomic mass is 9.95. The van der Waals surface area contributed by atoms with Gasteiger partial charge in [0.2, 0.25) is 5.91 Å². The minimum atomic E-state index is -0.684. The Kier molecular flexibility index (Phi) is 6.11. The van der Waals surface area contributed by atoms with Crippen molar-refractivity contribution in [3.63, 3.8) is 0 Å².